The van der Waals surface area contributed by atoms with Crippen LogP contribution in [0, 0.1) is 5.82 Å². The van der Waals surface area contributed by atoms with Crippen LogP contribution in [0.25, 0.3) is 22.4 Å². The lowest BCUT2D eigenvalue weighted by Gasteiger charge is -2.02. The van der Waals surface area contributed by atoms with Gasteiger partial charge in [0, 0.05) is 11.6 Å². The predicted molar refractivity (Wildman–Crippen MR) is 91.3 cm³/mol. The number of hydrogen-bond donors (Lipinski definition) is 0. The molecule has 8 heteroatoms. The highest BCUT2D eigenvalue weighted by atomic mass is 19.1. The number of esters is 1. The van der Waals surface area contributed by atoms with E-state index in [1.165, 1.54) is 24.3 Å². The lowest BCUT2D eigenvalue weighted by Crippen LogP contribution is -2.10. The second-order valence-corrected chi connectivity index (χ2v) is 5.57. The maximum Gasteiger partial charge on any atom is 0.374 e. The van der Waals surface area contributed by atoms with Crippen LogP contribution in [0.2, 0.25) is 0 Å². The predicted octanol–water partition coefficient (Wildman–Crippen LogP) is 3.34. The van der Waals surface area contributed by atoms with E-state index in [2.05, 4.69) is 10.1 Å². The van der Waals surface area contributed by atoms with Gasteiger partial charge in [0.15, 0.2) is 12.0 Å². The van der Waals surface area contributed by atoms with Crippen LogP contribution in [0.3, 0.4) is 0 Å². The van der Waals surface area contributed by atoms with Crippen molar-refractivity contribution in [2.24, 2.45) is 0 Å². The van der Waals surface area contributed by atoms with E-state index in [1.807, 2.05) is 0 Å². The van der Waals surface area contributed by atoms with Crippen LogP contribution in [-0.2, 0) is 11.3 Å². The van der Waals surface area contributed by atoms with Gasteiger partial charge in [-0.2, -0.15) is 4.98 Å². The molecule has 0 aliphatic carbocycles. The topological polar surface area (TPSA) is 95.4 Å². The second-order valence-electron chi connectivity index (χ2n) is 5.57. The molecule has 2 aromatic heterocycles. The molecule has 4 aromatic rings. The summed E-state index contributed by atoms with van der Waals surface area (Å²) in [5.74, 6) is -1.16. The third-order valence-electron chi connectivity index (χ3n) is 3.73. The number of rotatable bonds is 4. The van der Waals surface area contributed by atoms with Crippen molar-refractivity contribution in [3.8, 4) is 11.4 Å². The molecular weight excluding hydrogens is 355 g/mol. The number of nitrogens with zero attached hydrogens (tertiary/aromatic N) is 2. The van der Waals surface area contributed by atoms with Gasteiger partial charge in [-0.1, -0.05) is 17.3 Å². The Balaban J connectivity index is 1.48. The maximum absolute atomic E-state index is 13.0. The molecular formula is C19H11FN2O5. The zero-order chi connectivity index (χ0) is 18.8. The number of para-hydroxylation sites is 1. The van der Waals surface area contributed by atoms with Gasteiger partial charge < -0.3 is 13.7 Å². The van der Waals surface area contributed by atoms with Crippen molar-refractivity contribution in [3.05, 3.63) is 82.3 Å². The standard InChI is InChI=1S/C19H11FN2O5/c20-12-7-5-11(6-8-12)18-21-17(27-22-18)10-25-19(24)16-9-14(23)13-3-1-2-4-15(13)26-16/h1-9H,10H2. The molecule has 0 radical (unpaired) electrons. The normalized spacial score (nSPS) is 10.9. The first kappa shape index (κ1) is 16.6. The van der Waals surface area contributed by atoms with E-state index >= 15 is 0 Å². The fourth-order valence-electron chi connectivity index (χ4n) is 2.43. The van der Waals surface area contributed by atoms with E-state index in [1.54, 1.807) is 24.3 Å². The van der Waals surface area contributed by atoms with Gasteiger partial charge in [-0.25, -0.2) is 9.18 Å². The zero-order valence-electron chi connectivity index (χ0n) is 13.7. The average molecular weight is 366 g/mol. The molecule has 0 aliphatic heterocycles. The Morgan fingerprint density at radius 1 is 1.11 bits per heavy atom. The summed E-state index contributed by atoms with van der Waals surface area (Å²) in [6.07, 6.45) is 0. The molecule has 0 saturated carbocycles. The molecule has 134 valence electrons. The Kier molecular flexibility index (Phi) is 4.21. The van der Waals surface area contributed by atoms with Gasteiger partial charge in [-0.3, -0.25) is 4.79 Å². The molecule has 0 atom stereocenters. The van der Waals surface area contributed by atoms with Crippen LogP contribution in [0.4, 0.5) is 4.39 Å². The third-order valence-corrected chi connectivity index (χ3v) is 3.73. The number of carbonyl (C=O) groups is 1. The van der Waals surface area contributed by atoms with E-state index < -0.39 is 5.97 Å². The number of fused-ring (bicyclic) bond motifs is 1. The Labute approximate surface area is 151 Å². The molecule has 0 spiro atoms. The monoisotopic (exact) mass is 366 g/mol. The molecule has 0 amide bonds. The van der Waals surface area contributed by atoms with Gasteiger partial charge in [0.2, 0.25) is 11.6 Å². The van der Waals surface area contributed by atoms with Crippen molar-refractivity contribution >= 4 is 16.9 Å². The van der Waals surface area contributed by atoms with Crippen molar-refractivity contribution in [2.45, 2.75) is 6.61 Å². The summed E-state index contributed by atoms with van der Waals surface area (Å²) in [5, 5.41) is 4.12. The Morgan fingerprint density at radius 3 is 2.70 bits per heavy atom. The first-order valence-corrected chi connectivity index (χ1v) is 7.89. The van der Waals surface area contributed by atoms with Crippen LogP contribution >= 0.6 is 0 Å². The van der Waals surface area contributed by atoms with Crippen molar-refractivity contribution < 1.29 is 22.9 Å². The first-order chi connectivity index (χ1) is 13.1. The summed E-state index contributed by atoms with van der Waals surface area (Å²) in [5.41, 5.74) is 0.492. The fourth-order valence-corrected chi connectivity index (χ4v) is 2.43. The third kappa shape index (κ3) is 3.45. The van der Waals surface area contributed by atoms with E-state index in [4.69, 9.17) is 13.7 Å². The lowest BCUT2D eigenvalue weighted by molar-refractivity contribution is 0.0394. The van der Waals surface area contributed by atoms with Crippen molar-refractivity contribution in [1.29, 1.82) is 0 Å². The van der Waals surface area contributed by atoms with Crippen molar-refractivity contribution in [2.75, 3.05) is 0 Å². The summed E-state index contributed by atoms with van der Waals surface area (Å²) >= 11 is 0. The molecule has 0 unspecified atom stereocenters. The Bertz CT molecular complexity index is 1180. The van der Waals surface area contributed by atoms with E-state index in [-0.39, 0.29) is 40.9 Å². The van der Waals surface area contributed by atoms with Crippen LogP contribution < -0.4 is 5.43 Å². The average Bonchev–Trinajstić information content (AvgIpc) is 3.15. The highest BCUT2D eigenvalue weighted by molar-refractivity contribution is 5.88. The number of carbonyl (C=O) groups excluding carboxylic acids is 1. The van der Waals surface area contributed by atoms with Crippen molar-refractivity contribution in [1.82, 2.24) is 10.1 Å². The lowest BCUT2D eigenvalue weighted by atomic mass is 10.2. The highest BCUT2D eigenvalue weighted by Crippen LogP contribution is 2.17. The Hall–Kier alpha value is -3.81. The van der Waals surface area contributed by atoms with Crippen LogP contribution in [0.1, 0.15) is 16.4 Å². The molecule has 27 heavy (non-hydrogen) atoms. The van der Waals surface area contributed by atoms with Crippen LogP contribution in [0.15, 0.2) is 68.3 Å². The largest absolute Gasteiger partial charge is 0.450 e. The number of aromatic nitrogens is 2. The minimum absolute atomic E-state index is 0.0470. The fraction of sp³-hybridized carbons (Fsp3) is 0.0526. The highest BCUT2D eigenvalue weighted by Gasteiger charge is 2.16. The van der Waals surface area contributed by atoms with E-state index in [0.29, 0.717) is 10.9 Å². The molecule has 2 aromatic carbocycles. The van der Waals surface area contributed by atoms with E-state index in [9.17, 15) is 14.0 Å². The SMILES string of the molecule is O=C(OCc1nc(-c2ccc(F)cc2)no1)c1cc(=O)c2ccccc2o1. The van der Waals surface area contributed by atoms with Gasteiger partial charge in [0.1, 0.15) is 11.4 Å². The molecule has 7 nitrogen and oxygen atoms in total. The quantitative estimate of drug-likeness (QED) is 0.511. The second kappa shape index (κ2) is 6.83. The van der Waals surface area contributed by atoms with Gasteiger partial charge in [-0.05, 0) is 36.4 Å². The zero-order valence-corrected chi connectivity index (χ0v) is 13.7. The number of ether oxygens (including phenoxy) is 1. The molecule has 0 N–H and O–H groups in total. The summed E-state index contributed by atoms with van der Waals surface area (Å²) in [6, 6.07) is 13.2. The number of benzene rings is 2. The first-order valence-electron chi connectivity index (χ1n) is 7.89. The van der Waals surface area contributed by atoms with Gasteiger partial charge in [0.25, 0.3) is 5.89 Å². The Morgan fingerprint density at radius 2 is 1.89 bits per heavy atom. The molecule has 0 aliphatic rings. The smallest absolute Gasteiger partial charge is 0.374 e. The molecule has 0 bridgehead atoms. The summed E-state index contributed by atoms with van der Waals surface area (Å²) < 4.78 is 28.4. The van der Waals surface area contributed by atoms with Gasteiger partial charge >= 0.3 is 5.97 Å². The molecule has 2 heterocycles. The van der Waals surface area contributed by atoms with Gasteiger partial charge in [0.05, 0.1) is 5.39 Å². The minimum atomic E-state index is -0.834. The summed E-state index contributed by atoms with van der Waals surface area (Å²) in [4.78, 5) is 28.2. The minimum Gasteiger partial charge on any atom is -0.450 e. The maximum atomic E-state index is 13.0. The molecule has 0 fully saturated rings. The molecule has 0 saturated heterocycles. The van der Waals surface area contributed by atoms with Crippen LogP contribution in [0.5, 0.6) is 0 Å². The van der Waals surface area contributed by atoms with Crippen molar-refractivity contribution in [3.63, 3.8) is 0 Å². The number of hydrogen-bond acceptors (Lipinski definition) is 7. The van der Waals surface area contributed by atoms with Gasteiger partial charge in [-0.15, -0.1) is 0 Å². The number of halogens is 1. The summed E-state index contributed by atoms with van der Waals surface area (Å²) in [7, 11) is 0. The summed E-state index contributed by atoms with van der Waals surface area (Å²) in [6.45, 7) is -0.302. The molecule has 4 rings (SSSR count). The van der Waals surface area contributed by atoms with E-state index in [0.717, 1.165) is 6.07 Å². The van der Waals surface area contributed by atoms with Crippen LogP contribution in [-0.4, -0.2) is 16.1 Å².